The zero-order valence-electron chi connectivity index (χ0n) is 19.3. The van der Waals surface area contributed by atoms with Crippen LogP contribution in [0.3, 0.4) is 0 Å². The Labute approximate surface area is 183 Å². The Balaban J connectivity index is 2.57. The monoisotopic (exact) mass is 607 g/mol. The van der Waals surface area contributed by atoms with Crippen LogP contribution in [0.25, 0.3) is 0 Å². The molecule has 159 valence electrons. The number of rotatable bonds is 9. The van der Waals surface area contributed by atoms with Crippen molar-refractivity contribution in [1.82, 2.24) is 0 Å². The van der Waals surface area contributed by atoms with Gasteiger partial charge in [0.2, 0.25) is 0 Å². The molecule has 0 saturated heterocycles. The Hall–Kier alpha value is 0.627. The Morgan fingerprint density at radius 2 is 1.18 bits per heavy atom. The van der Waals surface area contributed by atoms with Crippen molar-refractivity contribution in [2.24, 2.45) is 11.8 Å². The minimum atomic E-state index is -4.30. The van der Waals surface area contributed by atoms with E-state index in [2.05, 4.69) is 78.9 Å². The molecule has 2 aliphatic rings. The molecule has 28 heavy (non-hydrogen) atoms. The topological polar surface area (TPSA) is 0 Å². The van der Waals surface area contributed by atoms with Crippen LogP contribution in [0.15, 0.2) is 46.6 Å². The molecular formula is C24H41Cl2HfSi. The molecule has 0 aromatic rings. The van der Waals surface area contributed by atoms with Gasteiger partial charge in [-0.15, -0.1) is 0 Å². The van der Waals surface area contributed by atoms with Crippen molar-refractivity contribution in [3.8, 4) is 0 Å². The van der Waals surface area contributed by atoms with Gasteiger partial charge in [-0.25, -0.2) is 0 Å². The van der Waals surface area contributed by atoms with Crippen LogP contribution in [0.1, 0.15) is 67.2 Å². The normalized spacial score (nSPS) is 24.4. The van der Waals surface area contributed by atoms with Crippen molar-refractivity contribution in [1.29, 1.82) is 0 Å². The van der Waals surface area contributed by atoms with E-state index in [0.717, 1.165) is 25.7 Å². The molecule has 2 rings (SSSR count). The van der Waals surface area contributed by atoms with Crippen LogP contribution in [0.5, 0.6) is 0 Å². The predicted molar refractivity (Wildman–Crippen MR) is 130 cm³/mol. The van der Waals surface area contributed by atoms with E-state index in [9.17, 15) is 0 Å². The van der Waals surface area contributed by atoms with Gasteiger partial charge in [0.15, 0.2) is 0 Å². The summed E-state index contributed by atoms with van der Waals surface area (Å²) in [4.78, 5) is 0. The fourth-order valence-electron chi connectivity index (χ4n) is 5.17. The van der Waals surface area contributed by atoms with E-state index in [1.165, 1.54) is 22.3 Å². The molecule has 0 spiro atoms. The van der Waals surface area contributed by atoms with Gasteiger partial charge in [-0.3, -0.25) is 0 Å². The summed E-state index contributed by atoms with van der Waals surface area (Å²) in [6, 6.07) is 0. The Kier molecular flexibility index (Phi) is 8.36. The first-order valence-corrected chi connectivity index (χ1v) is 33.5. The van der Waals surface area contributed by atoms with Crippen molar-refractivity contribution in [3.05, 3.63) is 46.6 Å². The molecule has 0 aliphatic heterocycles. The van der Waals surface area contributed by atoms with Crippen LogP contribution in [0.2, 0.25) is 20.4 Å². The molecule has 0 heterocycles. The average molecular weight is 607 g/mol. The Bertz CT molecular complexity index is 656. The zero-order chi connectivity index (χ0) is 21.3. The predicted octanol–water partition coefficient (Wildman–Crippen LogP) is 9.19. The first kappa shape index (κ1) is 24.9. The molecule has 2 unspecified atom stereocenters. The first-order valence-electron chi connectivity index (χ1n) is 11.3. The summed E-state index contributed by atoms with van der Waals surface area (Å²) < 4.78 is 0.667. The second-order valence-corrected chi connectivity index (χ2v) is 69.8. The number of allylic oxidation sites excluding steroid dienone is 8. The van der Waals surface area contributed by atoms with E-state index in [1.807, 2.05) is 0 Å². The van der Waals surface area contributed by atoms with Gasteiger partial charge in [0.25, 0.3) is 0 Å². The average Bonchev–Trinajstić information content (AvgIpc) is 3.18. The van der Waals surface area contributed by atoms with Gasteiger partial charge >= 0.3 is 185 Å². The van der Waals surface area contributed by atoms with E-state index in [-0.39, 0.29) is 0 Å². The van der Waals surface area contributed by atoms with Gasteiger partial charge in [-0.1, -0.05) is 0 Å². The number of halogens is 2. The molecule has 2 atom stereocenters. The van der Waals surface area contributed by atoms with Crippen molar-refractivity contribution < 1.29 is 15.3 Å². The van der Waals surface area contributed by atoms with E-state index in [4.69, 9.17) is 17.2 Å². The van der Waals surface area contributed by atoms with Crippen LogP contribution in [-0.4, -0.2) is 5.98 Å². The van der Waals surface area contributed by atoms with Crippen LogP contribution >= 0.6 is 17.2 Å². The molecular weight excluding hydrogens is 566 g/mol. The van der Waals surface area contributed by atoms with Crippen molar-refractivity contribution >= 4 is 23.1 Å². The summed E-state index contributed by atoms with van der Waals surface area (Å²) in [5.41, 5.74) is 5.97. The Morgan fingerprint density at radius 1 is 0.821 bits per heavy atom. The fraction of sp³-hybridized carbons (Fsp3) is 0.667. The molecule has 0 radical (unpaired) electrons. The van der Waals surface area contributed by atoms with E-state index in [1.54, 1.807) is 0 Å². The summed E-state index contributed by atoms with van der Waals surface area (Å²) in [5.74, 6) is 0.0569. The van der Waals surface area contributed by atoms with Gasteiger partial charge in [0, 0.05) is 0 Å². The third-order valence-electron chi connectivity index (χ3n) is 6.70. The summed E-state index contributed by atoms with van der Waals surface area (Å²) in [7, 11) is 15.9. The van der Waals surface area contributed by atoms with Gasteiger partial charge in [-0.2, -0.15) is 0 Å². The fourth-order valence-corrected chi connectivity index (χ4v) is 46.2. The molecule has 0 aromatic heterocycles. The molecule has 0 saturated carbocycles. The standard InChI is InChI=1S/2C11H17.C2H7Si.2ClH.Hf/c2*1-4-10-5-6-11(8-10)7-9(2)3;1-3-2;;;/h2*5-6,8-9H,4,7H2,1-3H3;3H,1-2H3;2*1H;/q;;;;;+2/p-2. The molecule has 4 heteroatoms. The third-order valence-corrected chi connectivity index (χ3v) is 80.1. The Morgan fingerprint density at radius 3 is 1.43 bits per heavy atom. The second kappa shape index (κ2) is 9.41. The molecule has 0 fully saturated rings. The maximum absolute atomic E-state index is 7.97. The summed E-state index contributed by atoms with van der Waals surface area (Å²) in [6.45, 7) is 18.6. The van der Waals surface area contributed by atoms with Crippen LogP contribution in [0.4, 0.5) is 0 Å². The zero-order valence-corrected chi connectivity index (χ0v) is 25.5. The molecule has 0 amide bonds. The van der Waals surface area contributed by atoms with Crippen molar-refractivity contribution in [3.63, 3.8) is 0 Å². The van der Waals surface area contributed by atoms with Gasteiger partial charge < -0.3 is 0 Å². The van der Waals surface area contributed by atoms with Crippen LogP contribution in [-0.2, 0) is 15.3 Å². The van der Waals surface area contributed by atoms with Gasteiger partial charge in [0.1, 0.15) is 0 Å². The molecule has 0 bridgehead atoms. The number of hydrogen-bond donors (Lipinski definition) is 0. The van der Waals surface area contributed by atoms with Crippen molar-refractivity contribution in [2.45, 2.75) is 87.7 Å². The van der Waals surface area contributed by atoms with E-state index < -0.39 is 21.3 Å². The van der Waals surface area contributed by atoms with Crippen LogP contribution < -0.4 is 0 Å². The van der Waals surface area contributed by atoms with Gasteiger partial charge in [-0.05, 0) is 0 Å². The summed E-state index contributed by atoms with van der Waals surface area (Å²) >= 11 is -4.30. The quantitative estimate of drug-likeness (QED) is 0.230. The third kappa shape index (κ3) is 4.76. The molecule has 0 aromatic carbocycles. The summed E-state index contributed by atoms with van der Waals surface area (Å²) in [5, 5.41) is 0. The van der Waals surface area contributed by atoms with E-state index in [0.29, 0.717) is 19.2 Å². The minimum absolute atomic E-state index is 0.334. The molecule has 0 nitrogen and oxygen atoms in total. The molecule has 0 N–H and O–H groups in total. The van der Waals surface area contributed by atoms with Gasteiger partial charge in [0.05, 0.1) is 0 Å². The molecule has 2 aliphatic carbocycles. The first-order chi connectivity index (χ1) is 12.9. The second-order valence-electron chi connectivity index (χ2n) is 10.2. The maximum atomic E-state index is 7.97. The SMILES string of the molecule is CCC1=CC(CC(C)C)=C[CH]1[Hf]([Cl])([Cl])([CH]1C=C(CC(C)C)C=C1CC)[SiH](C)C. The van der Waals surface area contributed by atoms with Crippen molar-refractivity contribution in [2.75, 3.05) is 0 Å². The number of hydrogen-bond acceptors (Lipinski definition) is 0. The van der Waals surface area contributed by atoms with E-state index >= 15 is 0 Å². The summed E-state index contributed by atoms with van der Waals surface area (Å²) in [6.07, 6.45) is 14.3. The van der Waals surface area contributed by atoms with Crippen LogP contribution in [0, 0.1) is 11.8 Å².